The van der Waals surface area contributed by atoms with Crippen LogP contribution in [0.15, 0.2) is 34.8 Å². The summed E-state index contributed by atoms with van der Waals surface area (Å²) < 4.78 is 3.68. The Morgan fingerprint density at radius 1 is 1.12 bits per heavy atom. The van der Waals surface area contributed by atoms with E-state index in [4.69, 9.17) is 11.6 Å². The van der Waals surface area contributed by atoms with Crippen molar-refractivity contribution in [2.45, 2.75) is 6.92 Å². The van der Waals surface area contributed by atoms with Gasteiger partial charge < -0.3 is 0 Å². The first-order valence-corrected chi connectivity index (χ1v) is 6.92. The molecule has 1 heterocycles. The van der Waals surface area contributed by atoms with E-state index < -0.39 is 0 Å². The van der Waals surface area contributed by atoms with Gasteiger partial charge in [-0.1, -0.05) is 33.6 Å². The number of thiophene rings is 1. The molecule has 0 amide bonds. The van der Waals surface area contributed by atoms with Crippen LogP contribution in [0.4, 0.5) is 0 Å². The molecule has 0 N–H and O–H groups in total. The summed E-state index contributed by atoms with van der Waals surface area (Å²) >= 11 is 11.4. The van der Waals surface area contributed by atoms with Gasteiger partial charge in [-0.2, -0.15) is 0 Å². The lowest BCUT2D eigenvalue weighted by Crippen LogP contribution is -1.74. The predicted octanol–water partition coefficient (Wildman–Crippen LogP) is 5.78. The Morgan fingerprint density at radius 3 is 2.75 bits per heavy atom. The van der Waals surface area contributed by atoms with Crippen molar-refractivity contribution in [3.63, 3.8) is 0 Å². The van der Waals surface area contributed by atoms with Crippen molar-refractivity contribution < 1.29 is 0 Å². The first-order valence-electron chi connectivity index (χ1n) is 4.93. The summed E-state index contributed by atoms with van der Waals surface area (Å²) in [5.41, 5.74) is 1.25. The number of benzene rings is 2. The number of aryl methyl sites for hydroxylation is 1. The highest BCUT2D eigenvalue weighted by molar-refractivity contribution is 9.10. The molecule has 0 radical (unpaired) electrons. The van der Waals surface area contributed by atoms with Gasteiger partial charge >= 0.3 is 0 Å². The van der Waals surface area contributed by atoms with Gasteiger partial charge in [-0.25, -0.2) is 0 Å². The minimum absolute atomic E-state index is 0.815. The topological polar surface area (TPSA) is 0 Å². The molecule has 1 aromatic heterocycles. The fourth-order valence-electron chi connectivity index (χ4n) is 2.04. The number of hydrogen-bond donors (Lipinski definition) is 0. The van der Waals surface area contributed by atoms with Gasteiger partial charge in [-0.15, -0.1) is 11.3 Å². The third kappa shape index (κ3) is 1.56. The molecule has 0 aliphatic rings. The third-order valence-corrected chi connectivity index (χ3v) is 4.51. The van der Waals surface area contributed by atoms with Gasteiger partial charge in [-0.3, -0.25) is 0 Å². The van der Waals surface area contributed by atoms with Gasteiger partial charge in [0.05, 0.1) is 0 Å². The molecule has 0 aliphatic heterocycles. The fourth-order valence-corrected chi connectivity index (χ4v) is 4.16. The summed E-state index contributed by atoms with van der Waals surface area (Å²) in [5.74, 6) is 0. The summed E-state index contributed by atoms with van der Waals surface area (Å²) in [6.45, 7) is 2.11. The summed E-state index contributed by atoms with van der Waals surface area (Å²) in [7, 11) is 0. The summed E-state index contributed by atoms with van der Waals surface area (Å²) in [6.07, 6.45) is 0. The van der Waals surface area contributed by atoms with Crippen LogP contribution in [0.3, 0.4) is 0 Å². The van der Waals surface area contributed by atoms with Gasteiger partial charge in [0.2, 0.25) is 0 Å². The number of halogens is 2. The Balaban J connectivity index is 2.56. The van der Waals surface area contributed by atoms with Gasteiger partial charge in [0.15, 0.2) is 0 Å². The SMILES string of the molecule is Cc1cc(Cl)cc2sc3cc(Br)ccc3c12. The zero-order chi connectivity index (χ0) is 11.3. The Kier molecular flexibility index (Phi) is 2.46. The Hall–Kier alpha value is -0.570. The van der Waals surface area contributed by atoms with Crippen molar-refractivity contribution in [3.05, 3.63) is 45.4 Å². The minimum atomic E-state index is 0.815. The van der Waals surface area contributed by atoms with Crippen LogP contribution in [0.5, 0.6) is 0 Å². The molecule has 3 heteroatoms. The molecule has 0 saturated carbocycles. The van der Waals surface area contributed by atoms with Crippen molar-refractivity contribution in [3.8, 4) is 0 Å². The zero-order valence-electron chi connectivity index (χ0n) is 8.55. The van der Waals surface area contributed by atoms with E-state index in [0.717, 1.165) is 9.50 Å². The van der Waals surface area contributed by atoms with E-state index in [1.54, 1.807) is 11.3 Å². The van der Waals surface area contributed by atoms with E-state index >= 15 is 0 Å². The largest absolute Gasteiger partial charge is 0.135 e. The van der Waals surface area contributed by atoms with Crippen LogP contribution in [-0.4, -0.2) is 0 Å². The van der Waals surface area contributed by atoms with Gasteiger partial charge in [-0.05, 0) is 36.8 Å². The summed E-state index contributed by atoms with van der Waals surface area (Å²) in [4.78, 5) is 0. The Labute approximate surface area is 111 Å². The van der Waals surface area contributed by atoms with E-state index in [-0.39, 0.29) is 0 Å². The van der Waals surface area contributed by atoms with Crippen LogP contribution in [0.1, 0.15) is 5.56 Å². The molecular formula is C13H8BrClS. The lowest BCUT2D eigenvalue weighted by molar-refractivity contribution is 1.55. The normalized spacial score (nSPS) is 11.4. The monoisotopic (exact) mass is 310 g/mol. The molecule has 0 fully saturated rings. The van der Waals surface area contributed by atoms with E-state index in [9.17, 15) is 0 Å². The Morgan fingerprint density at radius 2 is 1.94 bits per heavy atom. The average molecular weight is 312 g/mol. The second-order valence-corrected chi connectivity index (χ2v) is 6.27. The predicted molar refractivity (Wildman–Crippen MR) is 76.8 cm³/mol. The molecule has 0 bridgehead atoms. The smallest absolute Gasteiger partial charge is 0.0423 e. The van der Waals surface area contributed by atoms with E-state index in [2.05, 4.69) is 41.1 Å². The number of hydrogen-bond acceptors (Lipinski definition) is 1. The first kappa shape index (κ1) is 10.6. The molecule has 80 valence electrons. The van der Waals surface area contributed by atoms with Crippen molar-refractivity contribution in [1.29, 1.82) is 0 Å². The van der Waals surface area contributed by atoms with Crippen molar-refractivity contribution in [1.82, 2.24) is 0 Å². The molecule has 0 spiro atoms. The fraction of sp³-hybridized carbons (Fsp3) is 0.0769. The Bertz CT molecular complexity index is 700. The van der Waals surface area contributed by atoms with Gasteiger partial charge in [0, 0.05) is 29.7 Å². The van der Waals surface area contributed by atoms with Crippen molar-refractivity contribution in [2.75, 3.05) is 0 Å². The number of fused-ring (bicyclic) bond motifs is 3. The first-order chi connectivity index (χ1) is 7.65. The average Bonchev–Trinajstić information content (AvgIpc) is 2.54. The quantitative estimate of drug-likeness (QED) is 0.494. The molecule has 2 aromatic carbocycles. The van der Waals surface area contributed by atoms with Crippen LogP contribution >= 0.6 is 38.9 Å². The maximum atomic E-state index is 6.08. The molecule has 0 saturated heterocycles. The highest BCUT2D eigenvalue weighted by Crippen LogP contribution is 2.38. The van der Waals surface area contributed by atoms with Crippen molar-refractivity contribution in [2.24, 2.45) is 0 Å². The van der Waals surface area contributed by atoms with Gasteiger partial charge in [0.1, 0.15) is 0 Å². The van der Waals surface area contributed by atoms with Crippen LogP contribution in [0, 0.1) is 6.92 Å². The van der Waals surface area contributed by atoms with Crippen LogP contribution in [-0.2, 0) is 0 Å². The minimum Gasteiger partial charge on any atom is -0.135 e. The summed E-state index contributed by atoms with van der Waals surface area (Å²) in [6, 6.07) is 10.5. The molecule has 3 aromatic rings. The van der Waals surface area contributed by atoms with Crippen LogP contribution in [0.25, 0.3) is 20.2 Å². The molecule has 0 unspecified atom stereocenters. The van der Waals surface area contributed by atoms with E-state index in [1.165, 1.54) is 25.7 Å². The molecule has 0 atom stereocenters. The van der Waals surface area contributed by atoms with Crippen LogP contribution in [0.2, 0.25) is 5.02 Å². The highest BCUT2D eigenvalue weighted by atomic mass is 79.9. The molecular weight excluding hydrogens is 304 g/mol. The zero-order valence-corrected chi connectivity index (χ0v) is 11.7. The molecule has 3 rings (SSSR count). The standard InChI is InChI=1S/C13H8BrClS/c1-7-4-9(15)6-12-13(7)10-3-2-8(14)5-11(10)16-12/h2-6H,1H3. The lowest BCUT2D eigenvalue weighted by Gasteiger charge is -1.98. The van der Waals surface area contributed by atoms with Gasteiger partial charge in [0.25, 0.3) is 0 Å². The third-order valence-electron chi connectivity index (χ3n) is 2.70. The number of rotatable bonds is 0. The summed E-state index contributed by atoms with van der Waals surface area (Å²) in [5, 5.41) is 3.46. The van der Waals surface area contributed by atoms with Crippen LogP contribution < -0.4 is 0 Å². The van der Waals surface area contributed by atoms with E-state index in [1.807, 2.05) is 12.1 Å². The maximum Gasteiger partial charge on any atom is 0.0423 e. The molecule has 0 nitrogen and oxygen atoms in total. The van der Waals surface area contributed by atoms with E-state index in [0.29, 0.717) is 0 Å². The van der Waals surface area contributed by atoms with Crippen molar-refractivity contribution >= 4 is 59.0 Å². The maximum absolute atomic E-state index is 6.08. The highest BCUT2D eigenvalue weighted by Gasteiger charge is 2.08. The second kappa shape index (κ2) is 3.73. The second-order valence-electron chi connectivity index (χ2n) is 3.84. The lowest BCUT2D eigenvalue weighted by atomic mass is 10.1. The molecule has 0 aliphatic carbocycles. The molecule has 16 heavy (non-hydrogen) atoms.